The fourth-order valence-electron chi connectivity index (χ4n) is 3.72. The lowest BCUT2D eigenvalue weighted by molar-refractivity contribution is -0.139. The molecule has 2 atom stereocenters. The summed E-state index contributed by atoms with van der Waals surface area (Å²) in [5.41, 5.74) is 2.43. The Morgan fingerprint density at radius 3 is 2.88 bits per heavy atom. The highest BCUT2D eigenvalue weighted by Crippen LogP contribution is 2.42. The number of halogens is 2. The minimum absolute atomic E-state index is 0.0986. The predicted octanol–water partition coefficient (Wildman–Crippen LogP) is 3.58. The summed E-state index contributed by atoms with van der Waals surface area (Å²) in [6.07, 6.45) is 1.89. The first-order chi connectivity index (χ1) is 12.0. The van der Waals surface area contributed by atoms with Crippen molar-refractivity contribution in [3.8, 4) is 0 Å². The van der Waals surface area contributed by atoms with Crippen molar-refractivity contribution >= 4 is 17.3 Å². The van der Waals surface area contributed by atoms with E-state index in [-0.39, 0.29) is 17.2 Å². The number of rotatable bonds is 3. The molecule has 130 valence electrons. The number of aryl methyl sites for hydroxylation is 1. The monoisotopic (exact) mass is 344 g/mol. The molecule has 2 aliphatic rings. The van der Waals surface area contributed by atoms with Crippen molar-refractivity contribution < 1.29 is 18.7 Å². The highest BCUT2D eigenvalue weighted by molar-refractivity contribution is 6.04. The van der Waals surface area contributed by atoms with Gasteiger partial charge in [0.15, 0.2) is 0 Å². The van der Waals surface area contributed by atoms with Gasteiger partial charge in [-0.2, -0.15) is 8.78 Å². The van der Waals surface area contributed by atoms with Gasteiger partial charge in [-0.15, -0.1) is 0 Å². The Morgan fingerprint density at radius 2 is 2.04 bits per heavy atom. The van der Waals surface area contributed by atoms with Crippen molar-refractivity contribution in [1.29, 1.82) is 0 Å². The largest absolute Gasteiger partial charge is 0.373 e. The highest BCUT2D eigenvalue weighted by Gasteiger charge is 2.48. The maximum Gasteiger partial charge on any atom is 0.352 e. The van der Waals surface area contributed by atoms with Crippen molar-refractivity contribution in [3.63, 3.8) is 0 Å². The van der Waals surface area contributed by atoms with Gasteiger partial charge in [-0.1, -0.05) is 24.3 Å². The number of aliphatic hydroxyl groups is 1. The van der Waals surface area contributed by atoms with E-state index in [2.05, 4.69) is 16.7 Å². The molecule has 1 aliphatic carbocycles. The first-order valence-corrected chi connectivity index (χ1v) is 8.33. The molecule has 0 fully saturated rings. The lowest BCUT2D eigenvalue weighted by atomic mass is 9.82. The first-order valence-electron chi connectivity index (χ1n) is 8.33. The minimum atomic E-state index is -3.55. The molecule has 0 aromatic heterocycles. The zero-order valence-electron chi connectivity index (χ0n) is 13.4. The quantitative estimate of drug-likeness (QED) is 0.746. The number of hydrogen-bond donors (Lipinski definition) is 3. The van der Waals surface area contributed by atoms with Gasteiger partial charge in [0.05, 0.1) is 11.3 Å². The fraction of sp³-hybridized carbons (Fsp3) is 0.316. The topological polar surface area (TPSA) is 61.4 Å². The van der Waals surface area contributed by atoms with Gasteiger partial charge < -0.3 is 15.7 Å². The SMILES string of the molecule is O=C1Nc2ccc(NC(O)C3CCCc4ccccc43)cc2C1(F)F. The van der Waals surface area contributed by atoms with Crippen molar-refractivity contribution in [1.82, 2.24) is 0 Å². The molecule has 4 nitrogen and oxygen atoms in total. The molecule has 25 heavy (non-hydrogen) atoms. The molecular formula is C19H18F2N2O2. The Balaban J connectivity index is 1.58. The Hall–Kier alpha value is -2.47. The number of aliphatic hydroxyl groups excluding tert-OH is 1. The molecule has 2 aromatic rings. The zero-order chi connectivity index (χ0) is 17.6. The highest BCUT2D eigenvalue weighted by atomic mass is 19.3. The van der Waals surface area contributed by atoms with Gasteiger partial charge in [0.25, 0.3) is 5.91 Å². The van der Waals surface area contributed by atoms with Crippen LogP contribution in [0.4, 0.5) is 20.2 Å². The number of fused-ring (bicyclic) bond motifs is 2. The summed E-state index contributed by atoms with van der Waals surface area (Å²) in [6, 6.07) is 12.2. The minimum Gasteiger partial charge on any atom is -0.373 e. The Kier molecular flexibility index (Phi) is 3.72. The average Bonchev–Trinajstić information content (AvgIpc) is 2.84. The third-order valence-corrected chi connectivity index (χ3v) is 5.00. The standard InChI is InChI=1S/C19H18F2N2O2/c20-19(21)15-10-12(8-9-16(15)23-18(19)25)22-17(24)14-7-3-5-11-4-1-2-6-13(11)14/h1-2,4,6,8-10,14,17,22,24H,3,5,7H2,(H,23,25). The van der Waals surface area contributed by atoms with Crippen molar-refractivity contribution in [2.24, 2.45) is 0 Å². The second-order valence-corrected chi connectivity index (χ2v) is 6.58. The molecule has 0 bridgehead atoms. The van der Waals surface area contributed by atoms with E-state index in [0.29, 0.717) is 5.69 Å². The summed E-state index contributed by atoms with van der Waals surface area (Å²) < 4.78 is 27.8. The molecule has 0 radical (unpaired) electrons. The number of amides is 1. The van der Waals surface area contributed by atoms with Crippen LogP contribution in [0, 0.1) is 0 Å². The summed E-state index contributed by atoms with van der Waals surface area (Å²) >= 11 is 0. The van der Waals surface area contributed by atoms with E-state index in [1.54, 1.807) is 6.07 Å². The van der Waals surface area contributed by atoms with Gasteiger partial charge in [0.2, 0.25) is 0 Å². The fourth-order valence-corrected chi connectivity index (χ4v) is 3.72. The molecule has 1 amide bonds. The summed E-state index contributed by atoms with van der Waals surface area (Å²) in [5, 5.41) is 15.7. The molecule has 3 N–H and O–H groups in total. The van der Waals surface area contributed by atoms with Gasteiger partial charge in [-0.25, -0.2) is 0 Å². The number of nitrogens with one attached hydrogen (secondary N) is 2. The van der Waals surface area contributed by atoms with Crippen LogP contribution < -0.4 is 10.6 Å². The zero-order valence-corrected chi connectivity index (χ0v) is 13.4. The van der Waals surface area contributed by atoms with Crippen LogP contribution in [0.3, 0.4) is 0 Å². The average molecular weight is 344 g/mol. The normalized spacial score (nSPS) is 21.9. The van der Waals surface area contributed by atoms with Crippen LogP contribution in [0.5, 0.6) is 0 Å². The van der Waals surface area contributed by atoms with Gasteiger partial charge >= 0.3 is 5.92 Å². The van der Waals surface area contributed by atoms with E-state index in [4.69, 9.17) is 0 Å². The maximum absolute atomic E-state index is 13.9. The van der Waals surface area contributed by atoms with Gasteiger partial charge in [0.1, 0.15) is 6.23 Å². The molecule has 0 saturated carbocycles. The van der Waals surface area contributed by atoms with Crippen LogP contribution in [-0.2, 0) is 17.1 Å². The molecule has 2 unspecified atom stereocenters. The summed E-state index contributed by atoms with van der Waals surface area (Å²) in [7, 11) is 0. The van der Waals surface area contributed by atoms with Crippen LogP contribution in [0.1, 0.15) is 35.4 Å². The molecule has 4 rings (SSSR count). The molecule has 1 heterocycles. The van der Waals surface area contributed by atoms with Crippen molar-refractivity contribution in [2.75, 3.05) is 10.6 Å². The van der Waals surface area contributed by atoms with Crippen LogP contribution in [0.25, 0.3) is 0 Å². The number of anilines is 2. The van der Waals surface area contributed by atoms with Gasteiger partial charge in [-0.05, 0) is 48.6 Å². The Morgan fingerprint density at radius 1 is 1.24 bits per heavy atom. The van der Waals surface area contributed by atoms with Crippen molar-refractivity contribution in [2.45, 2.75) is 37.3 Å². The molecule has 0 saturated heterocycles. The molecule has 0 spiro atoms. The number of carbonyl (C=O) groups is 1. The number of carbonyl (C=O) groups excluding carboxylic acids is 1. The summed E-state index contributed by atoms with van der Waals surface area (Å²) in [4.78, 5) is 11.3. The van der Waals surface area contributed by atoms with E-state index < -0.39 is 18.1 Å². The van der Waals surface area contributed by atoms with E-state index in [1.807, 2.05) is 18.2 Å². The van der Waals surface area contributed by atoms with Crippen LogP contribution in [-0.4, -0.2) is 17.2 Å². The molecule has 1 aliphatic heterocycles. The third kappa shape index (κ3) is 2.66. The summed E-state index contributed by atoms with van der Waals surface area (Å²) in [5.74, 6) is -4.96. The van der Waals surface area contributed by atoms with Gasteiger partial charge in [-0.3, -0.25) is 4.79 Å². The predicted molar refractivity (Wildman–Crippen MR) is 90.7 cm³/mol. The van der Waals surface area contributed by atoms with Crippen molar-refractivity contribution in [3.05, 3.63) is 59.2 Å². The first kappa shape index (κ1) is 16.0. The summed E-state index contributed by atoms with van der Waals surface area (Å²) in [6.45, 7) is 0. The second-order valence-electron chi connectivity index (χ2n) is 6.58. The van der Waals surface area contributed by atoms with Crippen LogP contribution >= 0.6 is 0 Å². The van der Waals surface area contributed by atoms with E-state index in [1.165, 1.54) is 17.7 Å². The van der Waals surface area contributed by atoms with Crippen LogP contribution in [0.15, 0.2) is 42.5 Å². The number of hydrogen-bond acceptors (Lipinski definition) is 3. The van der Waals surface area contributed by atoms with E-state index in [9.17, 15) is 18.7 Å². The molecule has 2 aromatic carbocycles. The smallest absolute Gasteiger partial charge is 0.352 e. The lowest BCUT2D eigenvalue weighted by Gasteiger charge is -2.30. The number of benzene rings is 2. The molecular weight excluding hydrogens is 326 g/mol. The maximum atomic E-state index is 13.9. The third-order valence-electron chi connectivity index (χ3n) is 5.00. The lowest BCUT2D eigenvalue weighted by Crippen LogP contribution is -2.30. The van der Waals surface area contributed by atoms with Gasteiger partial charge in [0, 0.05) is 11.6 Å². The van der Waals surface area contributed by atoms with Crippen LogP contribution in [0.2, 0.25) is 0 Å². The molecule has 6 heteroatoms. The Labute approximate surface area is 143 Å². The Bertz CT molecular complexity index is 838. The van der Waals surface area contributed by atoms with E-state index >= 15 is 0 Å². The van der Waals surface area contributed by atoms with E-state index in [0.717, 1.165) is 24.8 Å². The number of alkyl halides is 2. The second kappa shape index (κ2) is 5.81.